The fourth-order valence-corrected chi connectivity index (χ4v) is 2.73. The summed E-state index contributed by atoms with van der Waals surface area (Å²) in [6, 6.07) is 11.5. The fraction of sp³-hybridized carbons (Fsp3) is 0.167. The predicted molar refractivity (Wildman–Crippen MR) is 104 cm³/mol. The van der Waals surface area contributed by atoms with E-state index in [1.165, 1.54) is 6.07 Å². The third-order valence-electron chi connectivity index (χ3n) is 3.66. The van der Waals surface area contributed by atoms with Crippen LogP contribution in [0.3, 0.4) is 0 Å². The number of hydrogen-bond acceptors (Lipinski definition) is 5. The molecule has 134 valence electrons. The van der Waals surface area contributed by atoms with E-state index in [9.17, 15) is 4.39 Å². The van der Waals surface area contributed by atoms with Gasteiger partial charge in [-0.1, -0.05) is 23.7 Å². The molecule has 3 rings (SSSR count). The molecule has 0 fully saturated rings. The van der Waals surface area contributed by atoms with Crippen molar-refractivity contribution >= 4 is 46.1 Å². The predicted octanol–water partition coefficient (Wildman–Crippen LogP) is 3.54. The highest BCUT2D eigenvalue weighted by molar-refractivity contribution is 6.31. The Labute approximate surface area is 159 Å². The minimum absolute atomic E-state index is 0.0900. The number of nitrogens with one attached hydrogen (secondary N) is 1. The van der Waals surface area contributed by atoms with E-state index in [0.717, 1.165) is 0 Å². The molecule has 1 aliphatic rings. The molecule has 26 heavy (non-hydrogen) atoms. The Morgan fingerprint density at radius 3 is 2.77 bits per heavy atom. The third-order valence-corrected chi connectivity index (χ3v) is 4.21. The molecule has 5 nitrogen and oxygen atoms in total. The smallest absolute Gasteiger partial charge is 0.144 e. The molecule has 0 spiro atoms. The van der Waals surface area contributed by atoms with Crippen molar-refractivity contribution in [3.8, 4) is 0 Å². The van der Waals surface area contributed by atoms with Crippen LogP contribution in [0.25, 0.3) is 0 Å². The monoisotopic (exact) mass is 392 g/mol. The molecule has 0 saturated heterocycles. The number of halogens is 3. The van der Waals surface area contributed by atoms with Crippen molar-refractivity contribution in [2.24, 2.45) is 15.1 Å². The summed E-state index contributed by atoms with van der Waals surface area (Å²) in [5.41, 5.74) is 5.18. The molecule has 0 atom stereocenters. The molecule has 1 aliphatic heterocycles. The number of hydrogen-bond donors (Lipinski definition) is 2. The van der Waals surface area contributed by atoms with Gasteiger partial charge in [-0.3, -0.25) is 10.4 Å². The topological polar surface area (TPSA) is 69.3 Å². The van der Waals surface area contributed by atoms with E-state index >= 15 is 0 Å². The molecule has 2 aromatic rings. The minimum Gasteiger partial charge on any atom is -0.390 e. The summed E-state index contributed by atoms with van der Waals surface area (Å²) in [6.07, 6.45) is 0. The maximum absolute atomic E-state index is 14.3. The lowest BCUT2D eigenvalue weighted by Crippen LogP contribution is -2.24. The standard InChI is InChI=1S/C18H15Cl2FN4O/c19-8-12(10-26)24-25-17-9-22-18(13-3-1-2-4-15(13)21)14-7-11(20)5-6-16(14)23-17/h1-7,26H,8-10H2,(H,23,25). The Bertz CT molecular complexity index is 906. The minimum atomic E-state index is -0.378. The second kappa shape index (κ2) is 8.40. The van der Waals surface area contributed by atoms with Crippen LogP contribution in [0.1, 0.15) is 11.1 Å². The van der Waals surface area contributed by atoms with E-state index in [1.807, 2.05) is 0 Å². The maximum Gasteiger partial charge on any atom is 0.144 e. The van der Waals surface area contributed by atoms with E-state index in [0.29, 0.717) is 39.1 Å². The average Bonchev–Trinajstić information content (AvgIpc) is 2.82. The number of aliphatic hydroxyl groups is 1. The summed E-state index contributed by atoms with van der Waals surface area (Å²) in [5.74, 6) is 0.152. The van der Waals surface area contributed by atoms with Crippen LogP contribution in [0.15, 0.2) is 57.6 Å². The number of hydrazone groups is 1. The molecule has 0 aliphatic carbocycles. The van der Waals surface area contributed by atoms with E-state index in [1.54, 1.807) is 36.4 Å². The normalized spacial score (nSPS) is 14.2. The zero-order chi connectivity index (χ0) is 18.5. The molecule has 2 N–H and O–H groups in total. The number of benzene rings is 2. The van der Waals surface area contributed by atoms with Crippen molar-refractivity contribution in [2.45, 2.75) is 0 Å². The maximum atomic E-state index is 14.3. The van der Waals surface area contributed by atoms with Gasteiger partial charge in [-0.2, -0.15) is 5.10 Å². The Balaban J connectivity index is 2.05. The number of fused-ring (bicyclic) bond motifs is 1. The van der Waals surface area contributed by atoms with Crippen LogP contribution in [0.5, 0.6) is 0 Å². The number of amidine groups is 1. The second-order valence-corrected chi connectivity index (χ2v) is 6.15. The first kappa shape index (κ1) is 18.5. The second-order valence-electron chi connectivity index (χ2n) is 5.45. The van der Waals surface area contributed by atoms with E-state index in [-0.39, 0.29) is 24.8 Å². The molecule has 8 heteroatoms. The summed E-state index contributed by atoms with van der Waals surface area (Å²) in [6.45, 7) is -0.111. The van der Waals surface area contributed by atoms with Crippen molar-refractivity contribution < 1.29 is 9.50 Å². The zero-order valence-corrected chi connectivity index (χ0v) is 15.1. The lowest BCUT2D eigenvalue weighted by molar-refractivity contribution is 0.356. The average molecular weight is 393 g/mol. The van der Waals surface area contributed by atoms with Gasteiger partial charge in [-0.05, 0) is 30.3 Å². The van der Waals surface area contributed by atoms with Crippen molar-refractivity contribution in [1.82, 2.24) is 5.43 Å². The molecule has 0 bridgehead atoms. The summed E-state index contributed by atoms with van der Waals surface area (Å²) < 4.78 is 14.3. The van der Waals surface area contributed by atoms with Gasteiger partial charge in [0.1, 0.15) is 11.7 Å². The summed E-state index contributed by atoms with van der Waals surface area (Å²) >= 11 is 11.8. The van der Waals surface area contributed by atoms with Crippen molar-refractivity contribution in [2.75, 3.05) is 19.0 Å². The molecule has 0 amide bonds. The largest absolute Gasteiger partial charge is 0.390 e. The van der Waals surface area contributed by atoms with E-state index < -0.39 is 0 Å². The fourth-order valence-electron chi connectivity index (χ4n) is 2.41. The highest BCUT2D eigenvalue weighted by Crippen LogP contribution is 2.29. The van der Waals surface area contributed by atoms with Crippen LogP contribution in [0.4, 0.5) is 10.1 Å². The molecule has 0 saturated carbocycles. The van der Waals surface area contributed by atoms with Gasteiger partial charge in [0.15, 0.2) is 0 Å². The van der Waals surface area contributed by atoms with Gasteiger partial charge in [0.25, 0.3) is 0 Å². The molecular formula is C18H15Cl2FN4O. The highest BCUT2D eigenvalue weighted by Gasteiger charge is 2.19. The van der Waals surface area contributed by atoms with Crippen molar-refractivity contribution in [3.05, 3.63) is 64.4 Å². The van der Waals surface area contributed by atoms with E-state index in [2.05, 4.69) is 20.5 Å². The lowest BCUT2D eigenvalue weighted by atomic mass is 10.0. The number of aliphatic hydroxyl groups excluding tert-OH is 1. The highest BCUT2D eigenvalue weighted by atomic mass is 35.5. The number of aliphatic imine (C=N–C) groups is 2. The van der Waals surface area contributed by atoms with Gasteiger partial charge in [-0.15, -0.1) is 11.6 Å². The Kier molecular flexibility index (Phi) is 5.98. The molecule has 1 heterocycles. The van der Waals surface area contributed by atoms with Crippen LogP contribution in [0.2, 0.25) is 5.02 Å². The molecular weight excluding hydrogens is 378 g/mol. The quantitative estimate of drug-likeness (QED) is 0.474. The van der Waals surface area contributed by atoms with Crippen molar-refractivity contribution in [3.63, 3.8) is 0 Å². The van der Waals surface area contributed by atoms with Gasteiger partial charge >= 0.3 is 0 Å². The molecule has 0 radical (unpaired) electrons. The molecule has 2 aromatic carbocycles. The summed E-state index contributed by atoms with van der Waals surface area (Å²) in [4.78, 5) is 9.01. The SMILES string of the molecule is OCC(CCl)=NNC1=Nc2ccc(Cl)cc2C(c2ccccc2F)=NC1. The summed E-state index contributed by atoms with van der Waals surface area (Å²) in [5, 5.41) is 13.7. The van der Waals surface area contributed by atoms with Crippen LogP contribution >= 0.6 is 23.2 Å². The number of rotatable bonds is 4. The summed E-state index contributed by atoms with van der Waals surface area (Å²) in [7, 11) is 0. The van der Waals surface area contributed by atoms with Gasteiger partial charge < -0.3 is 5.11 Å². The first-order chi connectivity index (χ1) is 12.6. The first-order valence-corrected chi connectivity index (χ1v) is 8.68. The number of nitrogens with zero attached hydrogens (tertiary/aromatic N) is 3. The van der Waals surface area contributed by atoms with Crippen LogP contribution in [-0.4, -0.2) is 41.4 Å². The first-order valence-electron chi connectivity index (χ1n) is 7.77. The van der Waals surface area contributed by atoms with Crippen LogP contribution < -0.4 is 5.43 Å². The number of alkyl halides is 1. The van der Waals surface area contributed by atoms with Crippen LogP contribution in [0, 0.1) is 5.82 Å². The van der Waals surface area contributed by atoms with Gasteiger partial charge in [0.2, 0.25) is 0 Å². The Morgan fingerprint density at radius 1 is 1.23 bits per heavy atom. The third kappa shape index (κ3) is 4.09. The molecule has 0 unspecified atom stereocenters. The van der Waals surface area contributed by atoms with Gasteiger partial charge in [0.05, 0.1) is 36.1 Å². The van der Waals surface area contributed by atoms with Gasteiger partial charge in [-0.25, -0.2) is 9.38 Å². The van der Waals surface area contributed by atoms with Gasteiger partial charge in [0, 0.05) is 16.1 Å². The molecule has 0 aromatic heterocycles. The zero-order valence-electron chi connectivity index (χ0n) is 13.6. The van der Waals surface area contributed by atoms with Crippen LogP contribution in [-0.2, 0) is 0 Å². The Morgan fingerprint density at radius 2 is 2.04 bits per heavy atom. The Hall–Kier alpha value is -2.28. The van der Waals surface area contributed by atoms with Crippen molar-refractivity contribution in [1.29, 1.82) is 0 Å². The lowest BCUT2D eigenvalue weighted by Gasteiger charge is -2.09. The van der Waals surface area contributed by atoms with E-state index in [4.69, 9.17) is 28.3 Å².